The molecule has 1 atom stereocenters. The highest BCUT2D eigenvalue weighted by atomic mass is 35.5. The first-order chi connectivity index (χ1) is 8.59. The van der Waals surface area contributed by atoms with E-state index in [1.54, 1.807) is 29.0 Å². The van der Waals surface area contributed by atoms with Gasteiger partial charge in [-0.25, -0.2) is 4.79 Å². The number of halogens is 1. The van der Waals surface area contributed by atoms with E-state index in [-0.39, 0.29) is 0 Å². The second-order valence-electron chi connectivity index (χ2n) is 3.36. The van der Waals surface area contributed by atoms with Crippen molar-refractivity contribution in [1.29, 1.82) is 0 Å². The minimum Gasteiger partial charge on any atom is -0.479 e. The standard InChI is InChI=1S/C11H8ClNO3S2/c12-6-3-5-18-9(6)10(14)13-8(11(15)16)7-2-1-4-17-7/h1-5,8H,(H,13,14)(H,15,16). The summed E-state index contributed by atoms with van der Waals surface area (Å²) in [7, 11) is 0. The quantitative estimate of drug-likeness (QED) is 0.912. The number of carbonyl (C=O) groups excluding carboxylic acids is 1. The van der Waals surface area contributed by atoms with Gasteiger partial charge in [-0.2, -0.15) is 0 Å². The molecule has 2 aromatic rings. The van der Waals surface area contributed by atoms with E-state index in [1.807, 2.05) is 0 Å². The number of carbonyl (C=O) groups is 2. The summed E-state index contributed by atoms with van der Waals surface area (Å²) in [6.45, 7) is 0. The van der Waals surface area contributed by atoms with Crippen LogP contribution in [-0.4, -0.2) is 17.0 Å². The molecule has 1 unspecified atom stereocenters. The van der Waals surface area contributed by atoms with Gasteiger partial charge in [0.2, 0.25) is 0 Å². The number of hydrogen-bond acceptors (Lipinski definition) is 4. The maximum Gasteiger partial charge on any atom is 0.331 e. The summed E-state index contributed by atoms with van der Waals surface area (Å²) in [6.07, 6.45) is 0. The van der Waals surface area contributed by atoms with Gasteiger partial charge >= 0.3 is 5.97 Å². The molecular weight excluding hydrogens is 294 g/mol. The van der Waals surface area contributed by atoms with Gasteiger partial charge in [0.1, 0.15) is 4.88 Å². The van der Waals surface area contributed by atoms with Crippen molar-refractivity contribution in [2.24, 2.45) is 0 Å². The fourth-order valence-corrected chi connectivity index (χ4v) is 3.17. The van der Waals surface area contributed by atoms with Crippen LogP contribution in [0.5, 0.6) is 0 Å². The van der Waals surface area contributed by atoms with Crippen LogP contribution in [0.25, 0.3) is 0 Å². The number of aliphatic carboxylic acids is 1. The van der Waals surface area contributed by atoms with Gasteiger partial charge in [-0.3, -0.25) is 4.79 Å². The first-order valence-electron chi connectivity index (χ1n) is 4.89. The van der Waals surface area contributed by atoms with Gasteiger partial charge in [0, 0.05) is 4.88 Å². The van der Waals surface area contributed by atoms with Crippen molar-refractivity contribution in [3.8, 4) is 0 Å². The monoisotopic (exact) mass is 301 g/mol. The summed E-state index contributed by atoms with van der Waals surface area (Å²) >= 11 is 8.28. The van der Waals surface area contributed by atoms with E-state index in [0.29, 0.717) is 14.8 Å². The van der Waals surface area contributed by atoms with Crippen molar-refractivity contribution < 1.29 is 14.7 Å². The highest BCUT2D eigenvalue weighted by Gasteiger charge is 2.24. The molecule has 0 fully saturated rings. The highest BCUT2D eigenvalue weighted by Crippen LogP contribution is 2.24. The Balaban J connectivity index is 2.18. The number of rotatable bonds is 4. The molecule has 7 heteroatoms. The third-order valence-electron chi connectivity index (χ3n) is 2.17. The lowest BCUT2D eigenvalue weighted by Gasteiger charge is -2.12. The molecule has 0 aromatic carbocycles. The van der Waals surface area contributed by atoms with Gasteiger partial charge in [0.15, 0.2) is 6.04 Å². The number of nitrogens with one attached hydrogen (secondary N) is 1. The predicted octanol–water partition coefficient (Wildman–Crippen LogP) is 3.02. The second-order valence-corrected chi connectivity index (χ2v) is 5.66. The summed E-state index contributed by atoms with van der Waals surface area (Å²) in [5.41, 5.74) is 0. The van der Waals surface area contributed by atoms with E-state index in [4.69, 9.17) is 16.7 Å². The van der Waals surface area contributed by atoms with E-state index in [2.05, 4.69) is 5.32 Å². The molecule has 18 heavy (non-hydrogen) atoms. The molecule has 0 aliphatic rings. The summed E-state index contributed by atoms with van der Waals surface area (Å²) in [5.74, 6) is -1.57. The molecule has 94 valence electrons. The van der Waals surface area contributed by atoms with E-state index in [1.165, 1.54) is 22.7 Å². The number of carboxylic acids is 1. The molecule has 0 bridgehead atoms. The van der Waals surface area contributed by atoms with E-state index in [0.717, 1.165) is 0 Å². The Labute approximate surface area is 116 Å². The summed E-state index contributed by atoms with van der Waals surface area (Å²) in [6, 6.07) is 3.96. The zero-order valence-corrected chi connectivity index (χ0v) is 11.3. The van der Waals surface area contributed by atoms with Crippen LogP contribution in [-0.2, 0) is 4.79 Å². The van der Waals surface area contributed by atoms with Gasteiger partial charge in [-0.05, 0) is 22.9 Å². The third kappa shape index (κ3) is 2.72. The minimum atomic E-state index is -1.10. The van der Waals surface area contributed by atoms with Crippen molar-refractivity contribution in [1.82, 2.24) is 5.32 Å². The number of hydrogen-bond donors (Lipinski definition) is 2. The van der Waals surface area contributed by atoms with Gasteiger partial charge < -0.3 is 10.4 Å². The molecular formula is C11H8ClNO3S2. The second kappa shape index (κ2) is 5.51. The summed E-state index contributed by atoms with van der Waals surface area (Å²) in [5, 5.41) is 15.3. The largest absolute Gasteiger partial charge is 0.479 e. The Kier molecular flexibility index (Phi) is 4.00. The van der Waals surface area contributed by atoms with E-state index >= 15 is 0 Å². The van der Waals surface area contributed by atoms with Crippen LogP contribution in [0.1, 0.15) is 20.6 Å². The van der Waals surface area contributed by atoms with Gasteiger partial charge in [0.25, 0.3) is 5.91 Å². The van der Waals surface area contributed by atoms with Crippen molar-refractivity contribution in [3.05, 3.63) is 43.7 Å². The average molecular weight is 302 g/mol. The van der Waals surface area contributed by atoms with Crippen molar-refractivity contribution in [3.63, 3.8) is 0 Å². The Bertz CT molecular complexity index is 565. The lowest BCUT2D eigenvalue weighted by atomic mass is 10.2. The molecule has 0 spiro atoms. The SMILES string of the molecule is O=C(NC(C(=O)O)c1cccs1)c1sccc1Cl. The molecule has 2 heterocycles. The lowest BCUT2D eigenvalue weighted by Crippen LogP contribution is -2.32. The Morgan fingerprint density at radius 1 is 1.28 bits per heavy atom. The van der Waals surface area contributed by atoms with E-state index in [9.17, 15) is 9.59 Å². The maximum absolute atomic E-state index is 11.9. The zero-order valence-electron chi connectivity index (χ0n) is 8.92. The molecule has 1 amide bonds. The van der Waals surface area contributed by atoms with Crippen LogP contribution in [0.15, 0.2) is 29.0 Å². The molecule has 0 aliphatic carbocycles. The van der Waals surface area contributed by atoms with Crippen molar-refractivity contribution in [2.75, 3.05) is 0 Å². The molecule has 2 N–H and O–H groups in total. The number of amides is 1. The Morgan fingerprint density at radius 2 is 2.06 bits per heavy atom. The molecule has 2 rings (SSSR count). The van der Waals surface area contributed by atoms with Crippen molar-refractivity contribution >= 4 is 46.2 Å². The molecule has 2 aromatic heterocycles. The predicted molar refractivity (Wildman–Crippen MR) is 71.5 cm³/mol. The van der Waals surface area contributed by atoms with Crippen molar-refractivity contribution in [2.45, 2.75) is 6.04 Å². The Hall–Kier alpha value is -1.37. The summed E-state index contributed by atoms with van der Waals surface area (Å²) < 4.78 is 0. The Morgan fingerprint density at radius 3 is 2.56 bits per heavy atom. The van der Waals surface area contributed by atoms with Crippen LogP contribution in [0, 0.1) is 0 Å². The highest BCUT2D eigenvalue weighted by molar-refractivity contribution is 7.12. The van der Waals surface area contributed by atoms with E-state index < -0.39 is 17.9 Å². The average Bonchev–Trinajstić information content (AvgIpc) is 2.95. The first kappa shape index (κ1) is 13.1. The van der Waals surface area contributed by atoms with Crippen LogP contribution in [0.2, 0.25) is 5.02 Å². The maximum atomic E-state index is 11.9. The minimum absolute atomic E-state index is 0.319. The van der Waals surface area contributed by atoms with Crippen LogP contribution < -0.4 is 5.32 Å². The fourth-order valence-electron chi connectivity index (χ4n) is 1.36. The van der Waals surface area contributed by atoms with Crippen LogP contribution in [0.4, 0.5) is 0 Å². The lowest BCUT2D eigenvalue weighted by molar-refractivity contribution is -0.139. The topological polar surface area (TPSA) is 66.4 Å². The molecule has 4 nitrogen and oxygen atoms in total. The number of thiophene rings is 2. The fraction of sp³-hybridized carbons (Fsp3) is 0.0909. The van der Waals surface area contributed by atoms with Crippen LogP contribution >= 0.6 is 34.3 Å². The normalized spacial score (nSPS) is 12.1. The molecule has 0 saturated heterocycles. The van der Waals surface area contributed by atoms with Gasteiger partial charge in [-0.1, -0.05) is 17.7 Å². The molecule has 0 saturated carbocycles. The first-order valence-corrected chi connectivity index (χ1v) is 7.03. The zero-order chi connectivity index (χ0) is 13.1. The smallest absolute Gasteiger partial charge is 0.331 e. The molecule has 0 radical (unpaired) electrons. The third-order valence-corrected chi connectivity index (χ3v) is 4.45. The number of carboxylic acid groups (broad SMARTS) is 1. The van der Waals surface area contributed by atoms with Crippen LogP contribution in [0.3, 0.4) is 0 Å². The van der Waals surface area contributed by atoms with Gasteiger partial charge in [0.05, 0.1) is 5.02 Å². The van der Waals surface area contributed by atoms with Gasteiger partial charge in [-0.15, -0.1) is 22.7 Å². The summed E-state index contributed by atoms with van der Waals surface area (Å²) in [4.78, 5) is 23.9. The molecule has 0 aliphatic heterocycles.